The van der Waals surface area contributed by atoms with Gasteiger partial charge in [0, 0.05) is 23.1 Å². The molecular formula is C27H36N2O3. The quantitative estimate of drug-likeness (QED) is 0.652. The molecule has 1 heterocycles. The summed E-state index contributed by atoms with van der Waals surface area (Å²) in [6, 6.07) is -1.80. The molecule has 2 saturated carbocycles. The summed E-state index contributed by atoms with van der Waals surface area (Å²) in [4.78, 5) is 41.1. The fourth-order valence-corrected chi connectivity index (χ4v) is 7.60. The first-order valence-electron chi connectivity index (χ1n) is 12.2. The van der Waals surface area contributed by atoms with E-state index in [1.807, 2.05) is 27.7 Å². The first-order valence-corrected chi connectivity index (χ1v) is 12.2. The van der Waals surface area contributed by atoms with Crippen molar-refractivity contribution in [2.45, 2.75) is 79.6 Å². The summed E-state index contributed by atoms with van der Waals surface area (Å²) < 4.78 is 0. The van der Waals surface area contributed by atoms with Crippen LogP contribution in [0.25, 0.3) is 0 Å². The molecule has 3 aliphatic carbocycles. The van der Waals surface area contributed by atoms with Crippen molar-refractivity contribution >= 4 is 17.3 Å². The van der Waals surface area contributed by atoms with Crippen LogP contribution in [0.1, 0.15) is 70.7 Å². The van der Waals surface area contributed by atoms with E-state index in [0.717, 1.165) is 22.3 Å². The van der Waals surface area contributed by atoms with Gasteiger partial charge in [0.05, 0.1) is 18.1 Å². The van der Waals surface area contributed by atoms with Gasteiger partial charge < -0.3 is 5.32 Å². The SMILES string of the molecule is Cc1c(C)c(C)c2c(c1C)C(=O)C1NC3C(=O)C4C(C)C(C)C(C)C(C)C4C3NC1C2=O. The summed E-state index contributed by atoms with van der Waals surface area (Å²) in [6.45, 7) is 17.0. The van der Waals surface area contributed by atoms with Crippen LogP contribution in [0.5, 0.6) is 0 Å². The molecule has 4 aliphatic rings. The van der Waals surface area contributed by atoms with Crippen LogP contribution in [0.4, 0.5) is 0 Å². The van der Waals surface area contributed by atoms with Gasteiger partial charge >= 0.3 is 0 Å². The second kappa shape index (κ2) is 7.07. The van der Waals surface area contributed by atoms with Gasteiger partial charge in [-0.2, -0.15) is 0 Å². The minimum Gasteiger partial charge on any atom is -0.300 e. The number of carbonyl (C=O) groups is 3. The van der Waals surface area contributed by atoms with Crippen molar-refractivity contribution < 1.29 is 14.4 Å². The molecule has 0 aromatic heterocycles. The average molecular weight is 437 g/mol. The fourth-order valence-electron chi connectivity index (χ4n) is 7.60. The Bertz CT molecular complexity index is 1060. The summed E-state index contributed by atoms with van der Waals surface area (Å²) in [7, 11) is 0. The number of hydrogen-bond acceptors (Lipinski definition) is 5. The number of ketones is 3. The highest BCUT2D eigenvalue weighted by Crippen LogP contribution is 2.52. The number of nitrogens with one attached hydrogen (secondary N) is 2. The lowest BCUT2D eigenvalue weighted by Crippen LogP contribution is -2.72. The van der Waals surface area contributed by atoms with Crippen LogP contribution in [0.3, 0.4) is 0 Å². The third-order valence-electron chi connectivity index (χ3n) is 10.3. The second-order valence-corrected chi connectivity index (χ2v) is 11.2. The highest BCUT2D eigenvalue weighted by molar-refractivity contribution is 6.21. The molecule has 10 atom stereocenters. The number of hydrogen-bond donors (Lipinski definition) is 2. The van der Waals surface area contributed by atoms with Crippen LogP contribution in [-0.4, -0.2) is 41.5 Å². The van der Waals surface area contributed by atoms with Crippen molar-refractivity contribution in [3.05, 3.63) is 33.4 Å². The van der Waals surface area contributed by atoms with E-state index in [4.69, 9.17) is 0 Å². The normalized spacial score (nSPS) is 42.9. The van der Waals surface area contributed by atoms with Crippen LogP contribution < -0.4 is 10.6 Å². The minimum atomic E-state index is -0.680. The molecule has 1 aliphatic heterocycles. The van der Waals surface area contributed by atoms with Crippen LogP contribution >= 0.6 is 0 Å². The first-order chi connectivity index (χ1) is 15.0. The smallest absolute Gasteiger partial charge is 0.182 e. The van der Waals surface area contributed by atoms with E-state index in [1.165, 1.54) is 0 Å². The molecule has 32 heavy (non-hydrogen) atoms. The van der Waals surface area contributed by atoms with E-state index in [0.29, 0.717) is 34.8 Å². The molecule has 5 rings (SSSR count). The Morgan fingerprint density at radius 2 is 1.03 bits per heavy atom. The van der Waals surface area contributed by atoms with E-state index < -0.39 is 18.1 Å². The number of fused-ring (bicyclic) bond motifs is 5. The molecular weight excluding hydrogens is 400 g/mol. The number of piperazine rings is 1. The van der Waals surface area contributed by atoms with Crippen LogP contribution in [0.15, 0.2) is 0 Å². The van der Waals surface area contributed by atoms with Crippen molar-refractivity contribution in [3.8, 4) is 0 Å². The summed E-state index contributed by atoms with van der Waals surface area (Å²) in [5, 5.41) is 7.00. The number of carbonyl (C=O) groups excluding carboxylic acids is 3. The summed E-state index contributed by atoms with van der Waals surface area (Å²) in [5.74, 6) is 2.00. The third kappa shape index (κ3) is 2.55. The van der Waals surface area contributed by atoms with E-state index in [9.17, 15) is 14.4 Å². The van der Waals surface area contributed by atoms with Crippen molar-refractivity contribution in [2.75, 3.05) is 0 Å². The van der Waals surface area contributed by atoms with Gasteiger partial charge in [-0.3, -0.25) is 19.7 Å². The standard InChI is InChI=1S/C27H36N2O3/c1-9-10(2)14(6)18-17(13(9)5)21-22(25(18)30)29-24-23(28-21)26(31)19-15(7)11(3)12(4)16(8)20(19)27(24)32/h9-10,13-14,17-18,21-24,28-29H,1-8H3. The largest absolute Gasteiger partial charge is 0.300 e. The minimum absolute atomic E-state index is 0.00641. The molecule has 0 radical (unpaired) electrons. The van der Waals surface area contributed by atoms with Gasteiger partial charge in [-0.05, 0) is 79.5 Å². The molecule has 172 valence electrons. The Morgan fingerprint density at radius 3 is 1.56 bits per heavy atom. The zero-order valence-electron chi connectivity index (χ0n) is 20.5. The van der Waals surface area contributed by atoms with Crippen molar-refractivity contribution in [1.82, 2.24) is 10.6 Å². The zero-order valence-corrected chi connectivity index (χ0v) is 20.5. The molecule has 0 spiro atoms. The van der Waals surface area contributed by atoms with Gasteiger partial charge in [-0.25, -0.2) is 0 Å². The maximum absolute atomic E-state index is 13.8. The number of benzene rings is 1. The molecule has 1 saturated heterocycles. The van der Waals surface area contributed by atoms with Crippen molar-refractivity contribution in [1.29, 1.82) is 0 Å². The summed E-state index contributed by atoms with van der Waals surface area (Å²) in [6.07, 6.45) is 0. The maximum Gasteiger partial charge on any atom is 0.182 e. The van der Waals surface area contributed by atoms with Gasteiger partial charge in [-0.1, -0.05) is 27.7 Å². The van der Waals surface area contributed by atoms with Crippen LogP contribution in [-0.2, 0) is 4.79 Å². The lowest BCUT2D eigenvalue weighted by atomic mass is 9.59. The summed E-state index contributed by atoms with van der Waals surface area (Å²) in [5.41, 5.74) is 5.08. The maximum atomic E-state index is 13.8. The molecule has 0 bridgehead atoms. The Kier molecular flexibility index (Phi) is 4.86. The van der Waals surface area contributed by atoms with Gasteiger partial charge in [0.2, 0.25) is 0 Å². The van der Waals surface area contributed by atoms with Crippen LogP contribution in [0.2, 0.25) is 0 Å². The Labute approximate surface area is 191 Å². The predicted molar refractivity (Wildman–Crippen MR) is 124 cm³/mol. The van der Waals surface area contributed by atoms with E-state index >= 15 is 0 Å². The topological polar surface area (TPSA) is 75.3 Å². The van der Waals surface area contributed by atoms with Crippen molar-refractivity contribution in [3.63, 3.8) is 0 Å². The molecule has 0 amide bonds. The van der Waals surface area contributed by atoms with Gasteiger partial charge in [0.25, 0.3) is 0 Å². The monoisotopic (exact) mass is 436 g/mol. The number of Topliss-reactive ketones (excluding diaryl/α,β-unsaturated/α-hetero) is 3. The highest BCUT2D eigenvalue weighted by Gasteiger charge is 2.62. The Balaban J connectivity index is 1.59. The van der Waals surface area contributed by atoms with E-state index in [2.05, 4.69) is 38.3 Å². The highest BCUT2D eigenvalue weighted by atomic mass is 16.2. The number of rotatable bonds is 0. The molecule has 1 aromatic rings. The van der Waals surface area contributed by atoms with Gasteiger partial charge in [0.15, 0.2) is 17.3 Å². The molecule has 1 aromatic carbocycles. The molecule has 5 nitrogen and oxygen atoms in total. The Morgan fingerprint density at radius 1 is 0.562 bits per heavy atom. The van der Waals surface area contributed by atoms with Crippen LogP contribution in [0, 0.1) is 63.2 Å². The lowest BCUT2D eigenvalue weighted by molar-refractivity contribution is -0.127. The molecule has 5 heteroatoms. The van der Waals surface area contributed by atoms with Gasteiger partial charge in [0.1, 0.15) is 0 Å². The lowest BCUT2D eigenvalue weighted by Gasteiger charge is -2.48. The third-order valence-corrected chi connectivity index (χ3v) is 10.3. The molecule has 10 unspecified atom stereocenters. The molecule has 3 fully saturated rings. The van der Waals surface area contributed by atoms with E-state index in [1.54, 1.807) is 0 Å². The Hall–Kier alpha value is -1.85. The van der Waals surface area contributed by atoms with E-state index in [-0.39, 0.29) is 35.2 Å². The first kappa shape index (κ1) is 22.0. The fraction of sp³-hybridized carbons (Fsp3) is 0.667. The van der Waals surface area contributed by atoms with Crippen molar-refractivity contribution in [2.24, 2.45) is 35.5 Å². The predicted octanol–water partition coefficient (Wildman–Crippen LogP) is 3.34. The summed E-state index contributed by atoms with van der Waals surface area (Å²) >= 11 is 0. The zero-order chi connectivity index (χ0) is 23.4. The molecule has 2 N–H and O–H groups in total. The average Bonchev–Trinajstić information content (AvgIpc) is 3.06. The second-order valence-electron chi connectivity index (χ2n) is 11.2. The van der Waals surface area contributed by atoms with Gasteiger partial charge in [-0.15, -0.1) is 0 Å².